The van der Waals surface area contributed by atoms with Crippen molar-refractivity contribution in [2.24, 2.45) is 12.8 Å². The number of carbonyl (C=O) groups excluding carboxylic acids is 1. The Hall–Kier alpha value is -2.25. The first kappa shape index (κ1) is 13.7. The Bertz CT molecular complexity index is 850. The second-order valence-electron chi connectivity index (χ2n) is 4.49. The lowest BCUT2D eigenvalue weighted by Gasteiger charge is -2.07. The molecule has 0 aliphatic heterocycles. The number of aryl methyl sites for hydroxylation is 1. The molecule has 0 saturated heterocycles. The van der Waals surface area contributed by atoms with Crippen LogP contribution in [0.25, 0.3) is 10.1 Å². The van der Waals surface area contributed by atoms with Crippen molar-refractivity contribution >= 4 is 50.4 Å². The average molecular weight is 316 g/mol. The Morgan fingerprint density at radius 3 is 2.90 bits per heavy atom. The smallest absolute Gasteiger partial charge is 0.258 e. The van der Waals surface area contributed by atoms with Crippen molar-refractivity contribution in [3.63, 3.8) is 0 Å². The molecule has 2 aromatic heterocycles. The molecule has 21 heavy (non-hydrogen) atoms. The Kier molecular flexibility index (Phi) is 3.44. The minimum absolute atomic E-state index is 0.200. The third kappa shape index (κ3) is 2.41. The van der Waals surface area contributed by atoms with Gasteiger partial charge in [-0.15, -0.1) is 11.3 Å². The molecule has 0 radical (unpaired) electrons. The van der Waals surface area contributed by atoms with Gasteiger partial charge in [-0.3, -0.25) is 9.48 Å². The Balaban J connectivity index is 1.97. The van der Waals surface area contributed by atoms with Gasteiger partial charge in [-0.2, -0.15) is 5.10 Å². The molecule has 3 rings (SSSR count). The van der Waals surface area contributed by atoms with Gasteiger partial charge in [0.2, 0.25) is 0 Å². The number of thiophene rings is 1. The lowest BCUT2D eigenvalue weighted by Crippen LogP contribution is -2.18. The summed E-state index contributed by atoms with van der Waals surface area (Å²) >= 11 is 6.50. The molecule has 0 unspecified atom stereocenters. The Morgan fingerprint density at radius 2 is 2.14 bits per heavy atom. The van der Waals surface area contributed by atoms with Crippen LogP contribution in [0.2, 0.25) is 0 Å². The van der Waals surface area contributed by atoms with Crippen LogP contribution < -0.4 is 11.1 Å². The maximum atomic E-state index is 12.5. The SMILES string of the molecule is Cn1ncc(C(N)=S)c1NC(=O)c1csc2ccccc12. The van der Waals surface area contributed by atoms with Crippen LogP contribution >= 0.6 is 23.6 Å². The van der Waals surface area contributed by atoms with Gasteiger partial charge in [0.1, 0.15) is 10.8 Å². The van der Waals surface area contributed by atoms with E-state index in [4.69, 9.17) is 18.0 Å². The average Bonchev–Trinajstić information content (AvgIpc) is 3.03. The van der Waals surface area contributed by atoms with E-state index in [1.54, 1.807) is 17.9 Å². The third-order valence-corrected chi connectivity index (χ3v) is 4.35. The molecule has 2 heterocycles. The summed E-state index contributed by atoms with van der Waals surface area (Å²) in [5.74, 6) is 0.302. The fourth-order valence-corrected chi connectivity index (χ4v) is 3.18. The molecule has 7 heteroatoms. The molecule has 3 aromatic rings. The molecule has 0 atom stereocenters. The molecule has 1 aromatic carbocycles. The zero-order valence-corrected chi connectivity index (χ0v) is 12.8. The largest absolute Gasteiger partial charge is 0.389 e. The van der Waals surface area contributed by atoms with Crippen LogP contribution in [0.3, 0.4) is 0 Å². The number of amides is 1. The van der Waals surface area contributed by atoms with Crippen molar-refractivity contribution in [2.45, 2.75) is 0 Å². The number of carbonyl (C=O) groups is 1. The highest BCUT2D eigenvalue weighted by Crippen LogP contribution is 2.26. The number of anilines is 1. The molecule has 0 fully saturated rings. The van der Waals surface area contributed by atoms with Gasteiger partial charge in [0.05, 0.1) is 17.3 Å². The highest BCUT2D eigenvalue weighted by molar-refractivity contribution is 7.80. The predicted molar refractivity (Wildman–Crippen MR) is 88.9 cm³/mol. The van der Waals surface area contributed by atoms with Crippen LogP contribution in [0.5, 0.6) is 0 Å². The second kappa shape index (κ2) is 5.27. The van der Waals surface area contributed by atoms with Crippen LogP contribution in [0.4, 0.5) is 5.82 Å². The number of nitrogens with two attached hydrogens (primary N) is 1. The van der Waals surface area contributed by atoms with E-state index in [0.717, 1.165) is 10.1 Å². The first-order valence-electron chi connectivity index (χ1n) is 6.17. The summed E-state index contributed by atoms with van der Waals surface area (Å²) in [4.78, 5) is 12.7. The lowest BCUT2D eigenvalue weighted by atomic mass is 10.1. The number of fused-ring (bicyclic) bond motifs is 1. The number of nitrogens with one attached hydrogen (secondary N) is 1. The molecule has 1 amide bonds. The highest BCUT2D eigenvalue weighted by atomic mass is 32.1. The van der Waals surface area contributed by atoms with E-state index < -0.39 is 0 Å². The van der Waals surface area contributed by atoms with E-state index in [-0.39, 0.29) is 10.9 Å². The first-order chi connectivity index (χ1) is 10.1. The fraction of sp³-hybridized carbons (Fsp3) is 0.0714. The monoisotopic (exact) mass is 316 g/mol. The molecule has 3 N–H and O–H groups in total. The molecule has 0 saturated carbocycles. The fourth-order valence-electron chi connectivity index (χ4n) is 2.09. The summed E-state index contributed by atoms with van der Waals surface area (Å²) in [5, 5.41) is 9.68. The standard InChI is InChI=1S/C14H12N4OS2/c1-18-13(9(6-16-18)12(15)20)17-14(19)10-7-21-11-5-3-2-4-8(10)11/h2-7H,1H3,(H2,15,20)(H,17,19). The molecule has 106 valence electrons. The summed E-state index contributed by atoms with van der Waals surface area (Å²) in [6, 6.07) is 7.78. The molecule has 0 spiro atoms. The van der Waals surface area contributed by atoms with E-state index in [1.165, 1.54) is 11.3 Å². The van der Waals surface area contributed by atoms with E-state index in [2.05, 4.69) is 10.4 Å². The normalized spacial score (nSPS) is 10.7. The van der Waals surface area contributed by atoms with E-state index in [9.17, 15) is 4.79 Å². The van der Waals surface area contributed by atoms with Gasteiger partial charge < -0.3 is 11.1 Å². The van der Waals surface area contributed by atoms with Crippen LogP contribution in [0.1, 0.15) is 15.9 Å². The van der Waals surface area contributed by atoms with Gasteiger partial charge >= 0.3 is 0 Å². The van der Waals surface area contributed by atoms with Crippen molar-refractivity contribution in [3.05, 3.63) is 47.0 Å². The van der Waals surface area contributed by atoms with E-state index in [0.29, 0.717) is 16.9 Å². The number of aromatic nitrogens is 2. The van der Waals surface area contributed by atoms with E-state index in [1.807, 2.05) is 29.6 Å². The van der Waals surface area contributed by atoms with Gasteiger partial charge in [0, 0.05) is 22.5 Å². The number of hydrogen-bond acceptors (Lipinski definition) is 4. The number of nitrogens with zero attached hydrogens (tertiary/aromatic N) is 2. The minimum atomic E-state index is -0.200. The van der Waals surface area contributed by atoms with Crippen LogP contribution in [-0.2, 0) is 7.05 Å². The van der Waals surface area contributed by atoms with E-state index >= 15 is 0 Å². The topological polar surface area (TPSA) is 72.9 Å². The van der Waals surface area contributed by atoms with Crippen molar-refractivity contribution in [1.82, 2.24) is 9.78 Å². The Labute approximate surface area is 130 Å². The van der Waals surface area contributed by atoms with Crippen LogP contribution in [-0.4, -0.2) is 20.7 Å². The van der Waals surface area contributed by atoms with Crippen molar-refractivity contribution in [3.8, 4) is 0 Å². The van der Waals surface area contributed by atoms with Gasteiger partial charge in [-0.1, -0.05) is 30.4 Å². The zero-order valence-electron chi connectivity index (χ0n) is 11.2. The van der Waals surface area contributed by atoms with Gasteiger partial charge in [-0.05, 0) is 6.07 Å². The molecular weight excluding hydrogens is 304 g/mol. The maximum Gasteiger partial charge on any atom is 0.258 e. The Morgan fingerprint density at radius 1 is 1.38 bits per heavy atom. The maximum absolute atomic E-state index is 12.5. The van der Waals surface area contributed by atoms with Crippen molar-refractivity contribution in [1.29, 1.82) is 0 Å². The third-order valence-electron chi connectivity index (χ3n) is 3.16. The van der Waals surface area contributed by atoms with Crippen molar-refractivity contribution < 1.29 is 4.79 Å². The molecule has 0 bridgehead atoms. The summed E-state index contributed by atoms with van der Waals surface area (Å²) in [6.07, 6.45) is 1.55. The summed E-state index contributed by atoms with van der Waals surface area (Å²) in [7, 11) is 1.73. The summed E-state index contributed by atoms with van der Waals surface area (Å²) in [6.45, 7) is 0. The molecule has 0 aliphatic rings. The first-order valence-corrected chi connectivity index (χ1v) is 7.46. The van der Waals surface area contributed by atoms with Crippen LogP contribution in [0, 0.1) is 0 Å². The summed E-state index contributed by atoms with van der Waals surface area (Å²) in [5.41, 5.74) is 6.83. The number of thiocarbonyl (C=S) groups is 1. The van der Waals surface area contributed by atoms with Gasteiger partial charge in [0.15, 0.2) is 0 Å². The minimum Gasteiger partial charge on any atom is -0.389 e. The van der Waals surface area contributed by atoms with Gasteiger partial charge in [0.25, 0.3) is 5.91 Å². The highest BCUT2D eigenvalue weighted by Gasteiger charge is 2.17. The van der Waals surface area contributed by atoms with Gasteiger partial charge in [-0.25, -0.2) is 0 Å². The second-order valence-corrected chi connectivity index (χ2v) is 5.85. The quantitative estimate of drug-likeness (QED) is 0.728. The predicted octanol–water partition coefficient (Wildman–Crippen LogP) is 2.52. The molecular formula is C14H12N4OS2. The summed E-state index contributed by atoms with van der Waals surface area (Å²) < 4.78 is 2.61. The number of rotatable bonds is 3. The zero-order chi connectivity index (χ0) is 15.0. The van der Waals surface area contributed by atoms with Crippen LogP contribution in [0.15, 0.2) is 35.8 Å². The number of hydrogen-bond donors (Lipinski definition) is 2. The lowest BCUT2D eigenvalue weighted by molar-refractivity contribution is 0.102. The number of benzene rings is 1. The molecule has 0 aliphatic carbocycles. The molecule has 5 nitrogen and oxygen atoms in total. The van der Waals surface area contributed by atoms with Crippen molar-refractivity contribution in [2.75, 3.05) is 5.32 Å².